The van der Waals surface area contributed by atoms with Crippen LogP contribution in [-0.2, 0) is 9.59 Å². The van der Waals surface area contributed by atoms with Crippen molar-refractivity contribution in [3.05, 3.63) is 0 Å². The maximum atomic E-state index is 11.8. The smallest absolute Gasteiger partial charge is 0.244 e. The third-order valence-corrected chi connectivity index (χ3v) is 2.82. The van der Waals surface area contributed by atoms with Crippen LogP contribution in [0.4, 0.5) is 0 Å². The fourth-order valence-electron chi connectivity index (χ4n) is 1.81. The molecule has 0 aliphatic carbocycles. The summed E-state index contributed by atoms with van der Waals surface area (Å²) < 4.78 is 0. The standard InChI is InChI=1S/C11H20N2O3/c1-13(7-3-2-4-8-14)11(16)9-5-6-10(15)12-9/h9,14H,2-8H2,1H3,(H,12,15). The molecule has 2 amide bonds. The van der Waals surface area contributed by atoms with Crippen LogP contribution in [0.1, 0.15) is 32.1 Å². The molecular formula is C11H20N2O3. The SMILES string of the molecule is CN(CCCCCO)C(=O)C1CCC(=O)N1. The molecule has 1 heterocycles. The molecule has 0 aromatic carbocycles. The Balaban J connectivity index is 2.22. The predicted molar refractivity (Wildman–Crippen MR) is 59.7 cm³/mol. The second kappa shape index (κ2) is 6.48. The zero-order valence-electron chi connectivity index (χ0n) is 9.74. The second-order valence-electron chi connectivity index (χ2n) is 4.20. The first-order valence-electron chi connectivity index (χ1n) is 5.80. The highest BCUT2D eigenvalue weighted by Crippen LogP contribution is 2.09. The van der Waals surface area contributed by atoms with Gasteiger partial charge < -0.3 is 15.3 Å². The third kappa shape index (κ3) is 3.81. The zero-order chi connectivity index (χ0) is 12.0. The molecule has 1 unspecified atom stereocenters. The highest BCUT2D eigenvalue weighted by molar-refractivity contribution is 5.90. The van der Waals surface area contributed by atoms with E-state index in [0.29, 0.717) is 19.4 Å². The van der Waals surface area contributed by atoms with Gasteiger partial charge in [-0.1, -0.05) is 0 Å². The molecule has 1 aliphatic rings. The van der Waals surface area contributed by atoms with E-state index in [1.54, 1.807) is 11.9 Å². The summed E-state index contributed by atoms with van der Waals surface area (Å²) in [5.74, 6) is -0.0399. The van der Waals surface area contributed by atoms with Crippen molar-refractivity contribution in [2.75, 3.05) is 20.2 Å². The van der Waals surface area contributed by atoms with Crippen molar-refractivity contribution in [1.82, 2.24) is 10.2 Å². The highest BCUT2D eigenvalue weighted by atomic mass is 16.3. The van der Waals surface area contributed by atoms with Gasteiger partial charge in [0, 0.05) is 26.6 Å². The number of amides is 2. The van der Waals surface area contributed by atoms with Crippen molar-refractivity contribution >= 4 is 11.8 Å². The number of aliphatic hydroxyl groups is 1. The largest absolute Gasteiger partial charge is 0.396 e. The topological polar surface area (TPSA) is 69.6 Å². The van der Waals surface area contributed by atoms with E-state index in [2.05, 4.69) is 5.32 Å². The molecule has 0 aromatic heterocycles. The van der Waals surface area contributed by atoms with Crippen LogP contribution in [0.5, 0.6) is 0 Å². The first kappa shape index (κ1) is 13.0. The number of likely N-dealkylation sites (N-methyl/N-ethyl adjacent to an activating group) is 1. The van der Waals surface area contributed by atoms with Gasteiger partial charge in [-0.3, -0.25) is 9.59 Å². The molecule has 5 heteroatoms. The van der Waals surface area contributed by atoms with Gasteiger partial charge in [0.25, 0.3) is 0 Å². The maximum absolute atomic E-state index is 11.8. The molecule has 0 saturated carbocycles. The summed E-state index contributed by atoms with van der Waals surface area (Å²) in [6.45, 7) is 0.890. The lowest BCUT2D eigenvalue weighted by atomic mass is 10.2. The van der Waals surface area contributed by atoms with Crippen LogP contribution >= 0.6 is 0 Å². The first-order valence-corrected chi connectivity index (χ1v) is 5.80. The summed E-state index contributed by atoms with van der Waals surface area (Å²) in [6.07, 6.45) is 3.66. The highest BCUT2D eigenvalue weighted by Gasteiger charge is 2.28. The minimum atomic E-state index is -0.324. The fourth-order valence-corrected chi connectivity index (χ4v) is 1.81. The van der Waals surface area contributed by atoms with Gasteiger partial charge in [0.1, 0.15) is 6.04 Å². The number of carbonyl (C=O) groups excluding carboxylic acids is 2. The fraction of sp³-hybridized carbons (Fsp3) is 0.818. The molecular weight excluding hydrogens is 208 g/mol. The molecule has 1 rings (SSSR count). The lowest BCUT2D eigenvalue weighted by Crippen LogP contribution is -2.42. The van der Waals surface area contributed by atoms with E-state index in [1.807, 2.05) is 0 Å². The zero-order valence-corrected chi connectivity index (χ0v) is 9.74. The normalized spacial score (nSPS) is 19.6. The molecule has 92 valence electrons. The van der Waals surface area contributed by atoms with E-state index in [1.165, 1.54) is 0 Å². The Kier molecular flexibility index (Phi) is 5.25. The number of nitrogens with one attached hydrogen (secondary N) is 1. The number of aliphatic hydroxyl groups excluding tert-OH is 1. The Labute approximate surface area is 95.8 Å². The number of rotatable bonds is 6. The van der Waals surface area contributed by atoms with Crippen LogP contribution in [0, 0.1) is 0 Å². The summed E-state index contributed by atoms with van der Waals surface area (Å²) in [5.41, 5.74) is 0. The second-order valence-corrected chi connectivity index (χ2v) is 4.20. The Bertz CT molecular complexity index is 256. The minimum Gasteiger partial charge on any atom is -0.396 e. The van der Waals surface area contributed by atoms with Crippen LogP contribution < -0.4 is 5.32 Å². The average Bonchev–Trinajstić information content (AvgIpc) is 2.70. The van der Waals surface area contributed by atoms with Gasteiger partial charge in [-0.2, -0.15) is 0 Å². The summed E-state index contributed by atoms with van der Waals surface area (Å²) in [7, 11) is 1.76. The van der Waals surface area contributed by atoms with E-state index >= 15 is 0 Å². The predicted octanol–water partition coefficient (Wildman–Crippen LogP) is -0.114. The number of hydrogen-bond donors (Lipinski definition) is 2. The Morgan fingerprint density at radius 2 is 2.25 bits per heavy atom. The van der Waals surface area contributed by atoms with Crippen LogP contribution in [0.2, 0.25) is 0 Å². The van der Waals surface area contributed by atoms with Gasteiger partial charge in [-0.05, 0) is 25.7 Å². The van der Waals surface area contributed by atoms with Gasteiger partial charge in [-0.25, -0.2) is 0 Å². The minimum absolute atomic E-state index is 0.00477. The third-order valence-electron chi connectivity index (χ3n) is 2.82. The Hall–Kier alpha value is -1.10. The molecule has 1 atom stereocenters. The van der Waals surface area contributed by atoms with Gasteiger partial charge >= 0.3 is 0 Å². The van der Waals surface area contributed by atoms with Crippen molar-refractivity contribution < 1.29 is 14.7 Å². The number of nitrogens with zero attached hydrogens (tertiary/aromatic N) is 1. The Morgan fingerprint density at radius 1 is 1.50 bits per heavy atom. The quantitative estimate of drug-likeness (QED) is 0.623. The van der Waals surface area contributed by atoms with Gasteiger partial charge in [-0.15, -0.1) is 0 Å². The van der Waals surface area contributed by atoms with E-state index in [9.17, 15) is 9.59 Å². The molecule has 0 radical (unpaired) electrons. The molecule has 0 bridgehead atoms. The average molecular weight is 228 g/mol. The monoisotopic (exact) mass is 228 g/mol. The summed E-state index contributed by atoms with van der Waals surface area (Å²) in [6, 6.07) is -0.324. The van der Waals surface area contributed by atoms with Crippen LogP contribution in [0.3, 0.4) is 0 Å². The first-order chi connectivity index (χ1) is 7.65. The lowest BCUT2D eigenvalue weighted by molar-refractivity contribution is -0.133. The number of carbonyl (C=O) groups is 2. The van der Waals surface area contributed by atoms with Crippen LogP contribution in [0.25, 0.3) is 0 Å². The number of hydrogen-bond acceptors (Lipinski definition) is 3. The van der Waals surface area contributed by atoms with E-state index in [-0.39, 0.29) is 24.5 Å². The molecule has 0 spiro atoms. The molecule has 5 nitrogen and oxygen atoms in total. The molecule has 16 heavy (non-hydrogen) atoms. The molecule has 1 saturated heterocycles. The maximum Gasteiger partial charge on any atom is 0.244 e. The van der Waals surface area contributed by atoms with Crippen molar-refractivity contribution in [3.8, 4) is 0 Å². The molecule has 0 aromatic rings. The van der Waals surface area contributed by atoms with Crippen molar-refractivity contribution in [2.24, 2.45) is 0 Å². The summed E-state index contributed by atoms with van der Waals surface area (Å²) >= 11 is 0. The lowest BCUT2D eigenvalue weighted by Gasteiger charge is -2.20. The van der Waals surface area contributed by atoms with Gasteiger partial charge in [0.2, 0.25) is 11.8 Å². The molecule has 1 aliphatic heterocycles. The summed E-state index contributed by atoms with van der Waals surface area (Å²) in [4.78, 5) is 24.4. The molecule has 2 N–H and O–H groups in total. The Morgan fingerprint density at radius 3 is 2.81 bits per heavy atom. The van der Waals surface area contributed by atoms with E-state index in [0.717, 1.165) is 19.3 Å². The van der Waals surface area contributed by atoms with Gasteiger partial charge in [0.05, 0.1) is 0 Å². The molecule has 1 fully saturated rings. The van der Waals surface area contributed by atoms with Crippen LogP contribution in [-0.4, -0.2) is 48.1 Å². The van der Waals surface area contributed by atoms with Crippen molar-refractivity contribution in [3.63, 3.8) is 0 Å². The summed E-state index contributed by atoms with van der Waals surface area (Å²) in [5, 5.41) is 11.3. The van der Waals surface area contributed by atoms with Gasteiger partial charge in [0.15, 0.2) is 0 Å². The van der Waals surface area contributed by atoms with Crippen LogP contribution in [0.15, 0.2) is 0 Å². The van der Waals surface area contributed by atoms with Crippen molar-refractivity contribution in [2.45, 2.75) is 38.1 Å². The van der Waals surface area contributed by atoms with E-state index < -0.39 is 0 Å². The number of unbranched alkanes of at least 4 members (excludes halogenated alkanes) is 2. The van der Waals surface area contributed by atoms with E-state index in [4.69, 9.17) is 5.11 Å². The van der Waals surface area contributed by atoms with Crippen molar-refractivity contribution in [1.29, 1.82) is 0 Å².